The van der Waals surface area contributed by atoms with Crippen molar-refractivity contribution in [2.24, 2.45) is 5.11 Å². The number of nitriles is 1. The smallest absolute Gasteiger partial charge is 0.336 e. The Hall–Kier alpha value is -4.40. The maximum Gasteiger partial charge on any atom is 0.336 e. The Morgan fingerprint density at radius 2 is 2.00 bits per heavy atom. The molecule has 0 fully saturated rings. The highest BCUT2D eigenvalue weighted by molar-refractivity contribution is 5.98. The molecule has 0 saturated heterocycles. The number of non-ortho nitro benzene ring substituents is 1. The topological polar surface area (TPSA) is 192 Å². The summed E-state index contributed by atoms with van der Waals surface area (Å²) in [6, 6.07) is 7.28. The number of nitro benzene ring substituents is 1. The summed E-state index contributed by atoms with van der Waals surface area (Å²) in [6.45, 7) is 1.51. The van der Waals surface area contributed by atoms with E-state index in [1.165, 1.54) is 29.2 Å². The molecule has 0 radical (unpaired) electrons. The maximum atomic E-state index is 12.8. The molecule has 13 nitrogen and oxygen atoms in total. The number of hydrogen-bond acceptors (Lipinski definition) is 9. The summed E-state index contributed by atoms with van der Waals surface area (Å²) in [6.07, 6.45) is 0.0512. The number of hydrogen-bond donors (Lipinski definition) is 1. The van der Waals surface area contributed by atoms with E-state index in [1.807, 2.05) is 6.07 Å². The molecule has 2 rings (SSSR count). The summed E-state index contributed by atoms with van der Waals surface area (Å²) in [4.78, 5) is 39.6. The lowest BCUT2D eigenvalue weighted by molar-refractivity contribution is -0.384. The van der Waals surface area contributed by atoms with E-state index in [2.05, 4.69) is 10.0 Å². The molecule has 0 bridgehead atoms. The third-order valence-electron chi connectivity index (χ3n) is 4.83. The molecule has 0 atom stereocenters. The summed E-state index contributed by atoms with van der Waals surface area (Å²) < 4.78 is 10.7. The van der Waals surface area contributed by atoms with E-state index in [1.54, 1.807) is 6.92 Å². The molecule has 0 aliphatic carbocycles. The Morgan fingerprint density at radius 1 is 1.29 bits per heavy atom. The molecular formula is C21H22N6O7. The Labute approximate surface area is 194 Å². The van der Waals surface area contributed by atoms with Gasteiger partial charge in [-0.2, -0.15) is 5.26 Å². The van der Waals surface area contributed by atoms with Crippen LogP contribution < -0.4 is 4.90 Å². The minimum absolute atomic E-state index is 0.0154. The fourth-order valence-electron chi connectivity index (χ4n) is 3.36. The normalized spacial score (nSPS) is 13.2. The molecule has 1 heterocycles. The highest BCUT2D eigenvalue weighted by atomic mass is 16.6. The van der Waals surface area contributed by atoms with Crippen LogP contribution in [0.25, 0.3) is 10.4 Å². The van der Waals surface area contributed by atoms with Crippen LogP contribution in [0.3, 0.4) is 0 Å². The number of anilines is 1. The van der Waals surface area contributed by atoms with E-state index in [9.17, 15) is 24.8 Å². The van der Waals surface area contributed by atoms with Crippen LogP contribution in [0.5, 0.6) is 0 Å². The molecule has 13 heteroatoms. The number of carbonyl (C=O) groups excluding carboxylic acids is 1. The Balaban J connectivity index is 2.57. The molecule has 34 heavy (non-hydrogen) atoms. The lowest BCUT2D eigenvalue weighted by Crippen LogP contribution is -2.34. The number of carboxylic acids is 1. The average Bonchev–Trinajstić information content (AvgIpc) is 2.83. The molecule has 178 valence electrons. The minimum atomic E-state index is -1.28. The summed E-state index contributed by atoms with van der Waals surface area (Å²) in [5.41, 5.74) is 9.28. The Bertz CT molecular complexity index is 1100. The van der Waals surface area contributed by atoms with E-state index in [0.29, 0.717) is 17.8 Å². The highest BCUT2D eigenvalue weighted by Gasteiger charge is 2.34. The number of aliphatic carboxylic acids is 1. The molecule has 1 aromatic carbocycles. The van der Waals surface area contributed by atoms with Gasteiger partial charge >= 0.3 is 11.9 Å². The number of ether oxygens (including phenoxy) is 2. The van der Waals surface area contributed by atoms with Crippen LogP contribution in [-0.4, -0.2) is 48.3 Å². The predicted octanol–water partition coefficient (Wildman–Crippen LogP) is 3.59. The van der Waals surface area contributed by atoms with E-state index in [4.69, 9.17) is 20.3 Å². The minimum Gasteiger partial charge on any atom is -0.478 e. The van der Waals surface area contributed by atoms with Crippen LogP contribution in [-0.2, 0) is 19.1 Å². The number of nitro groups is 1. The second-order valence-electron chi connectivity index (χ2n) is 6.85. The van der Waals surface area contributed by atoms with Gasteiger partial charge in [0.2, 0.25) is 0 Å². The lowest BCUT2D eigenvalue weighted by atomic mass is 9.93. The van der Waals surface area contributed by atoms with E-state index >= 15 is 0 Å². The number of rotatable bonds is 12. The fourth-order valence-corrected chi connectivity index (χ4v) is 3.36. The molecule has 0 saturated carbocycles. The second kappa shape index (κ2) is 12.6. The number of carboxylic acid groups (broad SMARTS) is 1. The van der Waals surface area contributed by atoms with Gasteiger partial charge in [0.25, 0.3) is 5.69 Å². The number of allylic oxidation sites excluding steroid dienone is 1. The summed E-state index contributed by atoms with van der Waals surface area (Å²) in [5.74, 6) is -2.03. The van der Waals surface area contributed by atoms with Gasteiger partial charge in [0, 0.05) is 41.4 Å². The molecule has 0 amide bonds. The van der Waals surface area contributed by atoms with Crippen molar-refractivity contribution in [3.8, 4) is 6.07 Å². The van der Waals surface area contributed by atoms with Gasteiger partial charge < -0.3 is 19.5 Å². The van der Waals surface area contributed by atoms with E-state index in [-0.39, 0.29) is 61.7 Å². The van der Waals surface area contributed by atoms with Crippen LogP contribution in [0.4, 0.5) is 11.4 Å². The molecule has 1 aliphatic rings. The van der Waals surface area contributed by atoms with Crippen molar-refractivity contribution < 1.29 is 29.1 Å². The second-order valence-corrected chi connectivity index (χ2v) is 6.85. The molecule has 1 aromatic rings. The van der Waals surface area contributed by atoms with Crippen LogP contribution in [0.2, 0.25) is 0 Å². The average molecular weight is 470 g/mol. The molecule has 1 aliphatic heterocycles. The monoisotopic (exact) mass is 470 g/mol. The van der Waals surface area contributed by atoms with Crippen LogP contribution in [0, 0.1) is 21.4 Å². The number of azide groups is 1. The zero-order chi connectivity index (χ0) is 25.1. The number of carbonyl (C=O) groups is 2. The number of nitrogens with zero attached hydrogens (tertiary/aromatic N) is 6. The fraction of sp³-hybridized carbons (Fsp3) is 0.381. The summed E-state index contributed by atoms with van der Waals surface area (Å²) in [5, 5.41) is 33.0. The lowest BCUT2D eigenvalue weighted by Gasteiger charge is -2.36. The van der Waals surface area contributed by atoms with E-state index < -0.39 is 16.9 Å². The van der Waals surface area contributed by atoms with Gasteiger partial charge in [-0.25, -0.2) is 9.59 Å². The SMILES string of the molecule is CCC1=C(C(=O)OCCC#N)CC(C(=O)O)=C(COCCN=[N+]=[N-])N1c1ccc([N+](=O)[O-])cc1. The van der Waals surface area contributed by atoms with Gasteiger partial charge in [0.05, 0.1) is 47.5 Å². The standard InChI is InChI=1S/C21H22N6O7/c1-2-18-17(21(30)34-10-3-8-22)12-16(20(28)29)19(13-33-11-9-24-25-23)26(18)14-4-6-15(7-5-14)27(31)32/h4-7H,2-3,9-13H2,1H3,(H,28,29). The van der Waals surface area contributed by atoms with Crippen molar-refractivity contribution in [1.82, 2.24) is 0 Å². The van der Waals surface area contributed by atoms with E-state index in [0.717, 1.165) is 0 Å². The summed E-state index contributed by atoms with van der Waals surface area (Å²) >= 11 is 0. The van der Waals surface area contributed by atoms with Crippen molar-refractivity contribution in [1.29, 1.82) is 5.26 Å². The maximum absolute atomic E-state index is 12.8. The number of esters is 1. The molecule has 1 N–H and O–H groups in total. The molecule has 0 unspecified atom stereocenters. The largest absolute Gasteiger partial charge is 0.478 e. The van der Waals surface area contributed by atoms with Crippen molar-refractivity contribution in [2.75, 3.05) is 31.3 Å². The van der Waals surface area contributed by atoms with Crippen molar-refractivity contribution in [3.63, 3.8) is 0 Å². The third kappa shape index (κ3) is 6.32. The van der Waals surface area contributed by atoms with Crippen LogP contribution in [0.1, 0.15) is 26.2 Å². The van der Waals surface area contributed by atoms with Crippen LogP contribution in [0.15, 0.2) is 51.9 Å². The van der Waals surface area contributed by atoms with Crippen molar-refractivity contribution in [3.05, 3.63) is 67.4 Å². The Kier molecular flexibility index (Phi) is 9.57. The van der Waals surface area contributed by atoms with Gasteiger partial charge in [0.15, 0.2) is 0 Å². The first-order valence-electron chi connectivity index (χ1n) is 10.2. The quantitative estimate of drug-likeness (QED) is 0.0903. The molecular weight excluding hydrogens is 448 g/mol. The highest BCUT2D eigenvalue weighted by Crippen LogP contribution is 2.38. The predicted molar refractivity (Wildman–Crippen MR) is 118 cm³/mol. The Morgan fingerprint density at radius 3 is 2.56 bits per heavy atom. The summed E-state index contributed by atoms with van der Waals surface area (Å²) in [7, 11) is 0. The first-order valence-corrected chi connectivity index (χ1v) is 10.2. The zero-order valence-corrected chi connectivity index (χ0v) is 18.3. The third-order valence-corrected chi connectivity index (χ3v) is 4.83. The first kappa shape index (κ1) is 25.9. The van der Waals surface area contributed by atoms with Crippen molar-refractivity contribution >= 4 is 23.3 Å². The van der Waals surface area contributed by atoms with Gasteiger partial charge in [-0.05, 0) is 24.1 Å². The first-order chi connectivity index (χ1) is 16.3. The number of benzene rings is 1. The molecule has 0 spiro atoms. The van der Waals surface area contributed by atoms with Gasteiger partial charge in [-0.15, -0.1) is 0 Å². The van der Waals surface area contributed by atoms with Crippen molar-refractivity contribution in [2.45, 2.75) is 26.2 Å². The van der Waals surface area contributed by atoms with Gasteiger partial charge in [-0.1, -0.05) is 12.0 Å². The zero-order valence-electron chi connectivity index (χ0n) is 18.3. The van der Waals surface area contributed by atoms with Gasteiger partial charge in [0.1, 0.15) is 6.61 Å². The van der Waals surface area contributed by atoms with Crippen LogP contribution >= 0.6 is 0 Å². The van der Waals surface area contributed by atoms with Gasteiger partial charge in [-0.3, -0.25) is 10.1 Å². The molecule has 0 aromatic heterocycles.